The van der Waals surface area contributed by atoms with Gasteiger partial charge < -0.3 is 9.47 Å². The Morgan fingerprint density at radius 3 is 2.03 bits per heavy atom. The molecule has 0 bridgehead atoms. The first-order chi connectivity index (χ1) is 28.4. The predicted octanol–water partition coefficient (Wildman–Crippen LogP) is 12.7. The van der Waals surface area contributed by atoms with Gasteiger partial charge in [0.05, 0.1) is 12.8 Å². The van der Waals surface area contributed by atoms with E-state index >= 15 is 4.79 Å². The summed E-state index contributed by atoms with van der Waals surface area (Å²) >= 11 is 3.50. The molecular weight excluding hydrogens is 794 g/mol. The molecule has 0 saturated heterocycles. The van der Waals surface area contributed by atoms with Crippen molar-refractivity contribution in [2.24, 2.45) is 0 Å². The van der Waals surface area contributed by atoms with E-state index in [1.54, 1.807) is 19.2 Å². The van der Waals surface area contributed by atoms with Crippen LogP contribution in [0.5, 0.6) is 11.5 Å². The van der Waals surface area contributed by atoms with Crippen molar-refractivity contribution in [3.63, 3.8) is 0 Å². The minimum atomic E-state index is -0.916. The predicted molar refractivity (Wildman–Crippen MR) is 242 cm³/mol. The summed E-state index contributed by atoms with van der Waals surface area (Å²) in [6.45, 7) is 10.9. The number of rotatable bonds is 8. The van der Waals surface area contributed by atoms with Gasteiger partial charge in [0.15, 0.2) is 5.60 Å². The quantitative estimate of drug-likeness (QED) is 0.143. The highest BCUT2D eigenvalue weighted by atomic mass is 79.9. The Morgan fingerprint density at radius 1 is 0.780 bits per heavy atom. The van der Waals surface area contributed by atoms with Crippen LogP contribution in [0.15, 0.2) is 150 Å². The number of amides is 2. The standard InChI is InChI=1S/C53H44BrNO4/c1-33-45-43(31-44(51(2,3)34-15-9-7-10-16-34)46(33)50(57)55(32-56)38-25-23-37(54)24-26-38)52(4,5)48-42-29-30-53(35-17-11-8-12-18-35,36-21-27-39(58-6)28-22-36)59-49(42)41-20-14-13-19-40(41)47(45)48/h7-32H,1-6H3. The van der Waals surface area contributed by atoms with Gasteiger partial charge in [-0.2, -0.15) is 0 Å². The molecule has 1 atom stereocenters. The molecule has 2 amide bonds. The lowest BCUT2D eigenvalue weighted by Crippen LogP contribution is -2.35. The number of hydrogen-bond acceptors (Lipinski definition) is 4. The number of methoxy groups -OCH3 is 1. The van der Waals surface area contributed by atoms with Gasteiger partial charge in [0.1, 0.15) is 11.5 Å². The zero-order valence-corrected chi connectivity index (χ0v) is 35.6. The van der Waals surface area contributed by atoms with Gasteiger partial charge in [-0.15, -0.1) is 0 Å². The number of fused-ring (bicyclic) bond motifs is 8. The first kappa shape index (κ1) is 38.3. The fraction of sp³-hybridized carbons (Fsp3) is 0.170. The highest BCUT2D eigenvalue weighted by Crippen LogP contribution is 2.60. The van der Waals surface area contributed by atoms with E-state index in [1.165, 1.54) is 4.90 Å². The lowest BCUT2D eigenvalue weighted by Gasteiger charge is -2.38. The summed E-state index contributed by atoms with van der Waals surface area (Å²) in [6.07, 6.45) is 5.06. The van der Waals surface area contributed by atoms with Gasteiger partial charge >= 0.3 is 0 Å². The maximum atomic E-state index is 15.2. The van der Waals surface area contributed by atoms with Gasteiger partial charge in [0.25, 0.3) is 5.91 Å². The molecule has 1 heterocycles. The first-order valence-corrected chi connectivity index (χ1v) is 20.7. The Morgan fingerprint density at radius 2 is 1.39 bits per heavy atom. The topological polar surface area (TPSA) is 55.8 Å². The molecule has 1 aliphatic carbocycles. The monoisotopic (exact) mass is 837 g/mol. The molecular formula is C53H44BrNO4. The minimum absolute atomic E-state index is 0.370. The SMILES string of the molecule is COc1ccc(C2(c3ccccc3)C=Cc3c4c(c5ccccc5c3O2)-c2c(cc(C(C)(C)c3ccccc3)c(C(=O)N(C=O)c3ccc(Br)cc3)c2C)C4(C)C)cc1. The molecule has 0 N–H and O–H groups in total. The molecule has 1 aliphatic heterocycles. The zero-order chi connectivity index (χ0) is 41.3. The number of anilines is 1. The van der Waals surface area contributed by atoms with E-state index in [0.717, 1.165) is 82.4 Å². The highest BCUT2D eigenvalue weighted by Gasteiger charge is 2.47. The zero-order valence-electron chi connectivity index (χ0n) is 34.0. The van der Waals surface area contributed by atoms with Crippen molar-refractivity contribution in [2.75, 3.05) is 12.0 Å². The van der Waals surface area contributed by atoms with Gasteiger partial charge in [-0.1, -0.05) is 153 Å². The summed E-state index contributed by atoms with van der Waals surface area (Å²) < 4.78 is 13.9. The fourth-order valence-corrected chi connectivity index (χ4v) is 9.76. The van der Waals surface area contributed by atoms with Crippen LogP contribution < -0.4 is 14.4 Å². The van der Waals surface area contributed by atoms with Crippen LogP contribution in [0.1, 0.15) is 82.6 Å². The van der Waals surface area contributed by atoms with Crippen molar-refractivity contribution in [3.8, 4) is 22.6 Å². The lowest BCUT2D eigenvalue weighted by atomic mass is 9.71. The molecule has 0 aromatic heterocycles. The van der Waals surface area contributed by atoms with E-state index < -0.39 is 16.4 Å². The summed E-state index contributed by atoms with van der Waals surface area (Å²) in [7, 11) is 1.68. The summed E-state index contributed by atoms with van der Waals surface area (Å²) in [6, 6.07) is 46.7. The van der Waals surface area contributed by atoms with Crippen LogP contribution >= 0.6 is 15.9 Å². The molecule has 7 aromatic rings. The van der Waals surface area contributed by atoms with Gasteiger partial charge in [0.2, 0.25) is 6.41 Å². The molecule has 0 spiro atoms. The number of ether oxygens (including phenoxy) is 2. The minimum Gasteiger partial charge on any atom is -0.497 e. The Bertz CT molecular complexity index is 2830. The van der Waals surface area contributed by atoms with E-state index in [1.807, 2.05) is 60.7 Å². The second-order valence-corrected chi connectivity index (χ2v) is 17.4. The van der Waals surface area contributed by atoms with Crippen molar-refractivity contribution in [1.29, 1.82) is 0 Å². The average Bonchev–Trinajstić information content (AvgIpc) is 3.51. The van der Waals surface area contributed by atoms with Gasteiger partial charge in [-0.25, -0.2) is 4.90 Å². The summed E-state index contributed by atoms with van der Waals surface area (Å²) in [5.41, 5.74) is 9.14. The molecule has 0 fully saturated rings. The molecule has 7 aromatic carbocycles. The first-order valence-electron chi connectivity index (χ1n) is 19.9. The largest absolute Gasteiger partial charge is 0.497 e. The van der Waals surface area contributed by atoms with Crippen molar-refractivity contribution in [3.05, 3.63) is 200 Å². The third-order valence-electron chi connectivity index (χ3n) is 12.6. The van der Waals surface area contributed by atoms with Gasteiger partial charge in [-0.05, 0) is 93.7 Å². The number of carbonyl (C=O) groups excluding carboxylic acids is 2. The van der Waals surface area contributed by atoms with E-state index in [-0.39, 0.29) is 5.91 Å². The molecule has 292 valence electrons. The second-order valence-electron chi connectivity index (χ2n) is 16.5. The number of hydrogen-bond donors (Lipinski definition) is 0. The van der Waals surface area contributed by atoms with Crippen molar-refractivity contribution in [1.82, 2.24) is 0 Å². The number of imide groups is 1. The molecule has 59 heavy (non-hydrogen) atoms. The second kappa shape index (κ2) is 14.2. The maximum absolute atomic E-state index is 15.2. The van der Waals surface area contributed by atoms with Crippen molar-refractivity contribution < 1.29 is 19.1 Å². The van der Waals surface area contributed by atoms with E-state index in [4.69, 9.17) is 9.47 Å². The number of halogens is 1. The lowest BCUT2D eigenvalue weighted by molar-refractivity contribution is -0.106. The van der Waals surface area contributed by atoms with E-state index in [9.17, 15) is 4.79 Å². The Balaban J connectivity index is 1.33. The summed E-state index contributed by atoms with van der Waals surface area (Å²) in [4.78, 5) is 29.4. The van der Waals surface area contributed by atoms with Crippen LogP contribution in [0.4, 0.5) is 5.69 Å². The summed E-state index contributed by atoms with van der Waals surface area (Å²) in [5.74, 6) is 1.21. The number of nitrogens with zero attached hydrogens (tertiary/aromatic N) is 1. The van der Waals surface area contributed by atoms with Gasteiger partial charge in [-0.3, -0.25) is 9.59 Å². The van der Waals surface area contributed by atoms with E-state index in [0.29, 0.717) is 17.7 Å². The van der Waals surface area contributed by atoms with E-state index in [2.05, 4.69) is 129 Å². The normalized spacial score (nSPS) is 16.1. The number of benzene rings is 7. The smallest absolute Gasteiger partial charge is 0.265 e. The van der Waals surface area contributed by atoms with Crippen LogP contribution in [0, 0.1) is 6.92 Å². The molecule has 6 heteroatoms. The molecule has 5 nitrogen and oxygen atoms in total. The van der Waals surface area contributed by atoms with Crippen LogP contribution in [0.3, 0.4) is 0 Å². The fourth-order valence-electron chi connectivity index (χ4n) is 9.50. The Hall–Kier alpha value is -6.24. The molecule has 0 saturated carbocycles. The summed E-state index contributed by atoms with van der Waals surface area (Å²) in [5, 5.41) is 2.02. The maximum Gasteiger partial charge on any atom is 0.265 e. The number of carbonyl (C=O) groups is 2. The van der Waals surface area contributed by atoms with Gasteiger partial charge in [0, 0.05) is 42.9 Å². The molecule has 2 aliphatic rings. The molecule has 0 radical (unpaired) electrons. The highest BCUT2D eigenvalue weighted by molar-refractivity contribution is 9.10. The van der Waals surface area contributed by atoms with Crippen molar-refractivity contribution >= 4 is 50.8 Å². The Labute approximate surface area is 354 Å². The van der Waals surface area contributed by atoms with Crippen molar-refractivity contribution in [2.45, 2.75) is 51.0 Å². The third-order valence-corrected chi connectivity index (χ3v) is 13.1. The van der Waals surface area contributed by atoms with Crippen LogP contribution in [-0.2, 0) is 21.2 Å². The molecule has 1 unspecified atom stereocenters. The van der Waals surface area contributed by atoms with Crippen LogP contribution in [-0.4, -0.2) is 19.4 Å². The van der Waals surface area contributed by atoms with Crippen LogP contribution in [0.25, 0.3) is 28.0 Å². The van der Waals surface area contributed by atoms with Crippen LogP contribution in [0.2, 0.25) is 0 Å². The third kappa shape index (κ3) is 5.87. The Kier molecular flexibility index (Phi) is 9.24. The average molecular weight is 839 g/mol. The molecule has 9 rings (SSSR count).